The summed E-state index contributed by atoms with van der Waals surface area (Å²) in [5.41, 5.74) is 9.10. The average Bonchev–Trinajstić information content (AvgIpc) is 2.62. The lowest BCUT2D eigenvalue weighted by Crippen LogP contribution is -2.34. The summed E-state index contributed by atoms with van der Waals surface area (Å²) in [6, 6.07) is 18.7. The number of hydrogen-bond donors (Lipinski definition) is 1. The molecule has 0 atom stereocenters. The molecule has 0 amide bonds. The molecule has 0 aliphatic carbocycles. The van der Waals surface area contributed by atoms with Gasteiger partial charge in [0.1, 0.15) is 0 Å². The summed E-state index contributed by atoms with van der Waals surface area (Å²) in [7, 11) is 0. The van der Waals surface area contributed by atoms with Crippen LogP contribution in [0.4, 0.5) is 5.69 Å². The predicted octanol–water partition coefficient (Wildman–Crippen LogP) is 3.97. The van der Waals surface area contributed by atoms with Crippen molar-refractivity contribution in [3.8, 4) is 11.8 Å². The van der Waals surface area contributed by atoms with Crippen LogP contribution in [0.25, 0.3) is 0 Å². The van der Waals surface area contributed by atoms with Crippen LogP contribution < -0.4 is 5.73 Å². The van der Waals surface area contributed by atoms with E-state index in [0.717, 1.165) is 30.1 Å². The van der Waals surface area contributed by atoms with E-state index >= 15 is 0 Å². The molecule has 0 saturated carbocycles. The molecule has 0 radical (unpaired) electrons. The maximum Gasteiger partial charge on any atom is 0.0474 e. The molecule has 1 aliphatic heterocycles. The fraction of sp³-hybridized carbons (Fsp3) is 0.364. The van der Waals surface area contributed by atoms with E-state index in [9.17, 15) is 0 Å². The standard InChI is InChI=1S/C22H26N2/c23-22-12-5-4-10-21(22)11-6-7-15-24-16-13-20(14-17-24)18-19-8-2-1-3-9-19/h1-5,8-10,12,20H,7,13-18,23H2. The first-order valence-corrected chi connectivity index (χ1v) is 8.91. The second-order valence-electron chi connectivity index (χ2n) is 6.61. The van der Waals surface area contributed by atoms with Crippen LogP contribution in [-0.2, 0) is 6.42 Å². The van der Waals surface area contributed by atoms with Gasteiger partial charge in [-0.3, -0.25) is 0 Å². The summed E-state index contributed by atoms with van der Waals surface area (Å²) >= 11 is 0. The Morgan fingerprint density at radius 1 is 0.958 bits per heavy atom. The Morgan fingerprint density at radius 3 is 2.42 bits per heavy atom. The second kappa shape index (κ2) is 8.57. The number of benzene rings is 2. The summed E-state index contributed by atoms with van der Waals surface area (Å²) in [6.45, 7) is 3.47. The molecule has 0 spiro atoms. The summed E-state index contributed by atoms with van der Waals surface area (Å²) in [6.07, 6.45) is 4.74. The van der Waals surface area contributed by atoms with Crippen molar-refractivity contribution in [2.24, 2.45) is 5.92 Å². The first-order valence-electron chi connectivity index (χ1n) is 8.91. The van der Waals surface area contributed by atoms with Crippen molar-refractivity contribution in [1.29, 1.82) is 0 Å². The topological polar surface area (TPSA) is 29.3 Å². The van der Waals surface area contributed by atoms with Crippen molar-refractivity contribution in [2.45, 2.75) is 25.7 Å². The van der Waals surface area contributed by atoms with Crippen LogP contribution in [0.15, 0.2) is 54.6 Å². The van der Waals surface area contributed by atoms with E-state index in [-0.39, 0.29) is 0 Å². The van der Waals surface area contributed by atoms with E-state index in [0.29, 0.717) is 0 Å². The van der Waals surface area contributed by atoms with Gasteiger partial charge in [0.2, 0.25) is 0 Å². The Labute approximate surface area is 145 Å². The van der Waals surface area contributed by atoms with Gasteiger partial charge in [0.05, 0.1) is 0 Å². The van der Waals surface area contributed by atoms with Crippen molar-refractivity contribution in [3.63, 3.8) is 0 Å². The Hall–Kier alpha value is -2.24. The lowest BCUT2D eigenvalue weighted by Gasteiger charge is -2.31. The number of likely N-dealkylation sites (tertiary alicyclic amines) is 1. The Kier molecular flexibility index (Phi) is 5.93. The molecule has 1 saturated heterocycles. The average molecular weight is 318 g/mol. The molecule has 0 unspecified atom stereocenters. The highest BCUT2D eigenvalue weighted by Gasteiger charge is 2.18. The number of nitrogens with two attached hydrogens (primary N) is 1. The zero-order valence-corrected chi connectivity index (χ0v) is 14.2. The van der Waals surface area contributed by atoms with Gasteiger partial charge in [0, 0.05) is 24.2 Å². The van der Waals surface area contributed by atoms with Gasteiger partial charge < -0.3 is 10.6 Å². The van der Waals surface area contributed by atoms with Crippen LogP contribution in [0.1, 0.15) is 30.4 Å². The molecule has 1 fully saturated rings. The van der Waals surface area contributed by atoms with Gasteiger partial charge in [0.15, 0.2) is 0 Å². The summed E-state index contributed by atoms with van der Waals surface area (Å²) in [4.78, 5) is 2.55. The molecule has 2 aromatic rings. The fourth-order valence-corrected chi connectivity index (χ4v) is 3.34. The van der Waals surface area contributed by atoms with Crippen molar-refractivity contribution < 1.29 is 0 Å². The molecule has 3 rings (SSSR count). The maximum atomic E-state index is 5.91. The summed E-state index contributed by atoms with van der Waals surface area (Å²) < 4.78 is 0. The molecule has 1 heterocycles. The summed E-state index contributed by atoms with van der Waals surface area (Å²) in [5.74, 6) is 7.29. The quantitative estimate of drug-likeness (QED) is 0.683. The van der Waals surface area contributed by atoms with Gasteiger partial charge in [-0.25, -0.2) is 0 Å². The Balaban J connectivity index is 1.39. The zero-order valence-electron chi connectivity index (χ0n) is 14.2. The molecule has 0 aromatic heterocycles. The molecule has 2 N–H and O–H groups in total. The van der Waals surface area contributed by atoms with E-state index in [2.05, 4.69) is 47.1 Å². The number of nitrogens with zero attached hydrogens (tertiary/aromatic N) is 1. The van der Waals surface area contributed by atoms with Crippen LogP contribution in [0.3, 0.4) is 0 Å². The maximum absolute atomic E-state index is 5.91. The van der Waals surface area contributed by atoms with Crippen LogP contribution in [0.2, 0.25) is 0 Å². The minimum atomic E-state index is 0.770. The van der Waals surface area contributed by atoms with Gasteiger partial charge in [-0.2, -0.15) is 0 Å². The molecule has 124 valence electrons. The minimum Gasteiger partial charge on any atom is -0.398 e. The van der Waals surface area contributed by atoms with Crippen molar-refractivity contribution in [2.75, 3.05) is 25.4 Å². The lowest BCUT2D eigenvalue weighted by atomic mass is 9.90. The fourth-order valence-electron chi connectivity index (χ4n) is 3.34. The molecular formula is C22H26N2. The van der Waals surface area contributed by atoms with Crippen LogP contribution >= 0.6 is 0 Å². The largest absolute Gasteiger partial charge is 0.398 e. The molecular weight excluding hydrogens is 292 g/mol. The molecule has 2 aromatic carbocycles. The number of para-hydroxylation sites is 1. The van der Waals surface area contributed by atoms with Crippen molar-refractivity contribution >= 4 is 5.69 Å². The van der Waals surface area contributed by atoms with Crippen LogP contribution in [0.5, 0.6) is 0 Å². The number of nitrogen functional groups attached to an aromatic ring is 1. The smallest absolute Gasteiger partial charge is 0.0474 e. The second-order valence-corrected chi connectivity index (χ2v) is 6.61. The molecule has 2 nitrogen and oxygen atoms in total. The van der Waals surface area contributed by atoms with E-state index in [4.69, 9.17) is 5.73 Å². The van der Waals surface area contributed by atoms with Crippen LogP contribution in [-0.4, -0.2) is 24.5 Å². The highest BCUT2D eigenvalue weighted by molar-refractivity contribution is 5.55. The van der Waals surface area contributed by atoms with Gasteiger partial charge >= 0.3 is 0 Å². The summed E-state index contributed by atoms with van der Waals surface area (Å²) in [5, 5.41) is 0. The minimum absolute atomic E-state index is 0.770. The molecule has 1 aliphatic rings. The van der Waals surface area contributed by atoms with Crippen molar-refractivity contribution in [3.05, 3.63) is 65.7 Å². The van der Waals surface area contributed by atoms with Crippen molar-refractivity contribution in [1.82, 2.24) is 4.90 Å². The molecule has 2 heteroatoms. The number of rotatable bonds is 4. The van der Waals surface area contributed by atoms with Gasteiger partial charge in [-0.1, -0.05) is 54.3 Å². The third-order valence-electron chi connectivity index (χ3n) is 4.81. The monoisotopic (exact) mass is 318 g/mol. The van der Waals surface area contributed by atoms with E-state index in [1.54, 1.807) is 0 Å². The first kappa shape index (κ1) is 16.6. The van der Waals surface area contributed by atoms with Crippen LogP contribution in [0, 0.1) is 17.8 Å². The Bertz CT molecular complexity index is 689. The van der Waals surface area contributed by atoms with E-state index in [1.165, 1.54) is 37.9 Å². The third-order valence-corrected chi connectivity index (χ3v) is 4.81. The normalized spacial score (nSPS) is 15.7. The zero-order chi connectivity index (χ0) is 16.6. The van der Waals surface area contributed by atoms with E-state index in [1.807, 2.05) is 24.3 Å². The predicted molar refractivity (Wildman–Crippen MR) is 102 cm³/mol. The first-order chi connectivity index (χ1) is 11.8. The molecule has 0 bridgehead atoms. The lowest BCUT2D eigenvalue weighted by molar-refractivity contribution is 0.187. The van der Waals surface area contributed by atoms with Gasteiger partial charge in [0.25, 0.3) is 0 Å². The highest BCUT2D eigenvalue weighted by Crippen LogP contribution is 2.21. The van der Waals surface area contributed by atoms with Gasteiger partial charge in [-0.15, -0.1) is 0 Å². The number of hydrogen-bond acceptors (Lipinski definition) is 2. The number of piperidine rings is 1. The molecule has 24 heavy (non-hydrogen) atoms. The SMILES string of the molecule is Nc1ccccc1C#CCCN1CCC(Cc2ccccc2)CC1. The van der Waals surface area contributed by atoms with E-state index < -0.39 is 0 Å². The van der Waals surface area contributed by atoms with Gasteiger partial charge in [-0.05, 0) is 56.0 Å². The third kappa shape index (κ3) is 4.88. The highest BCUT2D eigenvalue weighted by atomic mass is 15.1. The Morgan fingerprint density at radius 2 is 1.67 bits per heavy atom. The number of anilines is 1.